The first-order valence-corrected chi connectivity index (χ1v) is 6.03. The van der Waals surface area contributed by atoms with Crippen LogP contribution in [0.25, 0.3) is 11.3 Å². The molecule has 0 spiro atoms. The molecule has 3 rings (SSSR count). The molecule has 1 fully saturated rings. The van der Waals surface area contributed by atoms with E-state index < -0.39 is 0 Å². The van der Waals surface area contributed by atoms with E-state index in [0.717, 1.165) is 29.5 Å². The van der Waals surface area contributed by atoms with Gasteiger partial charge in [0.25, 0.3) is 0 Å². The van der Waals surface area contributed by atoms with Gasteiger partial charge in [0, 0.05) is 18.3 Å². The topological polar surface area (TPSA) is 27.1 Å². The second kappa shape index (κ2) is 4.24. The summed E-state index contributed by atoms with van der Waals surface area (Å²) < 4.78 is 7.27. The lowest BCUT2D eigenvalue weighted by Crippen LogP contribution is -2.00. The molecule has 0 N–H and O–H groups in total. The Morgan fingerprint density at radius 2 is 2.24 bits per heavy atom. The highest BCUT2D eigenvalue weighted by Gasteiger charge is 2.21. The molecule has 1 heterocycles. The molecule has 1 aromatic carbocycles. The number of ether oxygens (including phenoxy) is 1. The van der Waals surface area contributed by atoms with Crippen LogP contribution in [0.15, 0.2) is 36.5 Å². The van der Waals surface area contributed by atoms with E-state index in [4.69, 9.17) is 4.74 Å². The number of benzene rings is 1. The van der Waals surface area contributed by atoms with Gasteiger partial charge in [-0.25, -0.2) is 0 Å². The highest BCUT2D eigenvalue weighted by Crippen LogP contribution is 2.30. The molecule has 88 valence electrons. The van der Waals surface area contributed by atoms with Crippen molar-refractivity contribution in [1.82, 2.24) is 9.78 Å². The molecule has 1 saturated carbocycles. The van der Waals surface area contributed by atoms with Gasteiger partial charge in [0.2, 0.25) is 0 Å². The minimum atomic E-state index is 0.855. The number of hydrogen-bond acceptors (Lipinski definition) is 2. The fraction of sp³-hybridized carbons (Fsp3) is 0.357. The van der Waals surface area contributed by atoms with Gasteiger partial charge >= 0.3 is 0 Å². The van der Waals surface area contributed by atoms with Crippen molar-refractivity contribution in [3.8, 4) is 17.0 Å². The molecule has 1 aliphatic carbocycles. The van der Waals surface area contributed by atoms with Gasteiger partial charge in [-0.2, -0.15) is 5.10 Å². The van der Waals surface area contributed by atoms with Crippen molar-refractivity contribution < 1.29 is 4.74 Å². The summed E-state index contributed by atoms with van der Waals surface area (Å²) in [4.78, 5) is 0. The third-order valence-electron chi connectivity index (χ3n) is 3.15. The maximum Gasteiger partial charge on any atom is 0.119 e. The largest absolute Gasteiger partial charge is 0.497 e. The molecule has 1 aromatic heterocycles. The lowest BCUT2D eigenvalue weighted by atomic mass is 10.1. The van der Waals surface area contributed by atoms with Crippen LogP contribution in [0.4, 0.5) is 0 Å². The Morgan fingerprint density at radius 3 is 3.00 bits per heavy atom. The summed E-state index contributed by atoms with van der Waals surface area (Å²) >= 11 is 0. The van der Waals surface area contributed by atoms with E-state index in [0.29, 0.717) is 0 Å². The van der Waals surface area contributed by atoms with E-state index in [2.05, 4.69) is 23.4 Å². The fourth-order valence-electron chi connectivity index (χ4n) is 1.96. The van der Waals surface area contributed by atoms with Gasteiger partial charge in [-0.1, -0.05) is 12.1 Å². The first-order valence-electron chi connectivity index (χ1n) is 6.03. The Morgan fingerprint density at radius 1 is 1.35 bits per heavy atom. The van der Waals surface area contributed by atoms with Crippen molar-refractivity contribution in [2.24, 2.45) is 5.92 Å². The summed E-state index contributed by atoms with van der Waals surface area (Å²) in [6.07, 6.45) is 4.77. The molecule has 3 nitrogen and oxygen atoms in total. The monoisotopic (exact) mass is 228 g/mol. The standard InChI is InChI=1S/C14H16N2O/c1-17-13-4-2-3-12(9-13)14-7-8-16(15-14)10-11-5-6-11/h2-4,7-9,11H,5-6,10H2,1H3. The third kappa shape index (κ3) is 2.33. The SMILES string of the molecule is COc1cccc(-c2ccn(CC3CC3)n2)c1. The molecule has 17 heavy (non-hydrogen) atoms. The highest BCUT2D eigenvalue weighted by molar-refractivity contribution is 5.60. The fourth-order valence-corrected chi connectivity index (χ4v) is 1.96. The van der Waals surface area contributed by atoms with E-state index in [1.54, 1.807) is 7.11 Å². The predicted octanol–water partition coefficient (Wildman–Crippen LogP) is 2.97. The van der Waals surface area contributed by atoms with E-state index in [1.807, 2.05) is 22.9 Å². The lowest BCUT2D eigenvalue weighted by molar-refractivity contribution is 0.415. The Bertz CT molecular complexity index is 514. The zero-order valence-corrected chi connectivity index (χ0v) is 9.97. The van der Waals surface area contributed by atoms with Gasteiger partial charge in [-0.05, 0) is 37.0 Å². The molecular weight excluding hydrogens is 212 g/mol. The van der Waals surface area contributed by atoms with E-state index >= 15 is 0 Å². The molecular formula is C14H16N2O. The number of methoxy groups -OCH3 is 1. The Labute approximate surface area is 101 Å². The zero-order chi connectivity index (χ0) is 11.7. The summed E-state index contributed by atoms with van der Waals surface area (Å²) in [5, 5.41) is 4.60. The summed E-state index contributed by atoms with van der Waals surface area (Å²) in [7, 11) is 1.69. The first kappa shape index (κ1) is 10.4. The van der Waals surface area contributed by atoms with Crippen LogP contribution in [0.3, 0.4) is 0 Å². The maximum atomic E-state index is 5.22. The van der Waals surface area contributed by atoms with Gasteiger partial charge in [0.15, 0.2) is 0 Å². The van der Waals surface area contributed by atoms with Crippen molar-refractivity contribution in [3.63, 3.8) is 0 Å². The third-order valence-corrected chi connectivity index (χ3v) is 3.15. The molecule has 0 bridgehead atoms. The zero-order valence-electron chi connectivity index (χ0n) is 9.97. The van der Waals surface area contributed by atoms with Crippen LogP contribution < -0.4 is 4.74 Å². The highest BCUT2D eigenvalue weighted by atomic mass is 16.5. The molecule has 0 saturated heterocycles. The van der Waals surface area contributed by atoms with E-state index in [-0.39, 0.29) is 0 Å². The number of aromatic nitrogens is 2. The molecule has 3 heteroatoms. The van der Waals surface area contributed by atoms with Gasteiger partial charge in [-0.3, -0.25) is 4.68 Å². The van der Waals surface area contributed by atoms with Crippen molar-refractivity contribution in [3.05, 3.63) is 36.5 Å². The lowest BCUT2D eigenvalue weighted by Gasteiger charge is -2.02. The predicted molar refractivity (Wildman–Crippen MR) is 66.9 cm³/mol. The molecule has 0 amide bonds. The Hall–Kier alpha value is -1.77. The van der Waals surface area contributed by atoms with Gasteiger partial charge in [0.1, 0.15) is 5.75 Å². The van der Waals surface area contributed by atoms with Crippen molar-refractivity contribution in [2.75, 3.05) is 7.11 Å². The molecule has 0 aliphatic heterocycles. The summed E-state index contributed by atoms with van der Waals surface area (Å²) in [6, 6.07) is 10.1. The quantitative estimate of drug-likeness (QED) is 0.804. The number of rotatable bonds is 4. The van der Waals surface area contributed by atoms with Crippen LogP contribution in [-0.4, -0.2) is 16.9 Å². The number of nitrogens with zero attached hydrogens (tertiary/aromatic N) is 2. The molecule has 0 atom stereocenters. The molecule has 0 radical (unpaired) electrons. The molecule has 2 aromatic rings. The van der Waals surface area contributed by atoms with Crippen LogP contribution >= 0.6 is 0 Å². The molecule has 1 aliphatic rings. The Balaban J connectivity index is 1.83. The summed E-state index contributed by atoms with van der Waals surface area (Å²) in [6.45, 7) is 1.06. The van der Waals surface area contributed by atoms with Crippen molar-refractivity contribution in [2.45, 2.75) is 19.4 Å². The number of hydrogen-bond donors (Lipinski definition) is 0. The maximum absolute atomic E-state index is 5.22. The second-order valence-corrected chi connectivity index (χ2v) is 4.60. The van der Waals surface area contributed by atoms with Crippen molar-refractivity contribution >= 4 is 0 Å². The van der Waals surface area contributed by atoms with Crippen LogP contribution in [0, 0.1) is 5.92 Å². The molecule has 0 unspecified atom stereocenters. The smallest absolute Gasteiger partial charge is 0.119 e. The normalized spacial score (nSPS) is 14.9. The average Bonchev–Trinajstić information content (AvgIpc) is 3.05. The summed E-state index contributed by atoms with van der Waals surface area (Å²) in [5.41, 5.74) is 2.13. The second-order valence-electron chi connectivity index (χ2n) is 4.60. The van der Waals surface area contributed by atoms with Gasteiger partial charge < -0.3 is 4.74 Å². The average molecular weight is 228 g/mol. The van der Waals surface area contributed by atoms with Crippen LogP contribution in [-0.2, 0) is 6.54 Å². The van der Waals surface area contributed by atoms with Gasteiger partial charge in [-0.15, -0.1) is 0 Å². The minimum absolute atomic E-state index is 0.855. The Kier molecular flexibility index (Phi) is 2.59. The van der Waals surface area contributed by atoms with Crippen LogP contribution in [0.5, 0.6) is 5.75 Å². The van der Waals surface area contributed by atoms with Crippen molar-refractivity contribution in [1.29, 1.82) is 0 Å². The van der Waals surface area contributed by atoms with Crippen LogP contribution in [0.1, 0.15) is 12.8 Å². The first-order chi connectivity index (χ1) is 8.35. The van der Waals surface area contributed by atoms with E-state index in [1.165, 1.54) is 12.8 Å². The van der Waals surface area contributed by atoms with E-state index in [9.17, 15) is 0 Å². The minimum Gasteiger partial charge on any atom is -0.497 e. The van der Waals surface area contributed by atoms with Crippen LogP contribution in [0.2, 0.25) is 0 Å². The van der Waals surface area contributed by atoms with Gasteiger partial charge in [0.05, 0.1) is 12.8 Å². The summed E-state index contributed by atoms with van der Waals surface area (Å²) in [5.74, 6) is 1.73.